The molecule has 0 saturated carbocycles. The van der Waals surface area contributed by atoms with Gasteiger partial charge in [0.2, 0.25) is 0 Å². The fourth-order valence-electron chi connectivity index (χ4n) is 1.81. The van der Waals surface area contributed by atoms with Gasteiger partial charge in [0.25, 0.3) is 0 Å². The Labute approximate surface area is 119 Å². The van der Waals surface area contributed by atoms with Crippen molar-refractivity contribution >= 4 is 23.6 Å². The second-order valence-electron chi connectivity index (χ2n) is 4.01. The predicted molar refractivity (Wildman–Crippen MR) is 76.6 cm³/mol. The Kier molecular flexibility index (Phi) is 3.22. The van der Waals surface area contributed by atoms with E-state index in [2.05, 4.69) is 20.2 Å². The maximum atomic E-state index is 5.28. The van der Waals surface area contributed by atoms with Crippen molar-refractivity contribution in [2.24, 2.45) is 0 Å². The van der Waals surface area contributed by atoms with E-state index in [4.69, 9.17) is 12.2 Å². The molecule has 0 saturated heterocycles. The normalized spacial score (nSPS) is 10.8. The van der Waals surface area contributed by atoms with E-state index in [9.17, 15) is 0 Å². The molecule has 19 heavy (non-hydrogen) atoms. The molecule has 0 bridgehead atoms. The lowest BCUT2D eigenvalue weighted by atomic mass is 10.3. The third kappa shape index (κ3) is 2.47. The number of aromatic amines is 1. The smallest absolute Gasteiger partial charge is 0.195 e. The summed E-state index contributed by atoms with van der Waals surface area (Å²) >= 11 is 6.92. The maximum absolute atomic E-state index is 5.28. The zero-order chi connectivity index (χ0) is 13.2. The van der Waals surface area contributed by atoms with E-state index in [0.29, 0.717) is 11.3 Å². The van der Waals surface area contributed by atoms with Gasteiger partial charge in [-0.2, -0.15) is 5.10 Å². The number of hydrogen-bond donors (Lipinski definition) is 1. The Bertz CT molecular complexity index is 742. The summed E-state index contributed by atoms with van der Waals surface area (Å²) in [6, 6.07) is 5.91. The van der Waals surface area contributed by atoms with E-state index in [0.717, 1.165) is 22.2 Å². The van der Waals surface area contributed by atoms with Crippen LogP contribution in [-0.2, 0) is 6.54 Å². The Hall–Kier alpha value is -1.86. The zero-order valence-electron chi connectivity index (χ0n) is 10.2. The van der Waals surface area contributed by atoms with Crippen molar-refractivity contribution < 1.29 is 0 Å². The van der Waals surface area contributed by atoms with Gasteiger partial charge in [-0.05, 0) is 36.7 Å². The largest absolute Gasteiger partial charge is 0.293 e. The van der Waals surface area contributed by atoms with E-state index in [-0.39, 0.29) is 0 Å². The molecule has 1 N–H and O–H groups in total. The molecule has 3 heterocycles. The van der Waals surface area contributed by atoms with Crippen molar-refractivity contribution in [3.8, 4) is 10.7 Å². The molecular weight excluding hydrogens is 278 g/mol. The monoisotopic (exact) mass is 289 g/mol. The standard InChI is InChI=1S/C12H11N5S2/c1-8-13-5-4-9(14-8)7-17-11(15-16-12(17)18)10-3-2-6-19-10/h2-6H,7H2,1H3,(H,16,18). The van der Waals surface area contributed by atoms with Crippen LogP contribution < -0.4 is 0 Å². The molecule has 0 spiro atoms. The lowest BCUT2D eigenvalue weighted by Gasteiger charge is -2.05. The van der Waals surface area contributed by atoms with Crippen molar-refractivity contribution in [1.82, 2.24) is 24.7 Å². The number of nitrogens with zero attached hydrogens (tertiary/aromatic N) is 4. The van der Waals surface area contributed by atoms with Gasteiger partial charge in [0.15, 0.2) is 10.6 Å². The van der Waals surface area contributed by atoms with Crippen LogP contribution in [0, 0.1) is 11.7 Å². The summed E-state index contributed by atoms with van der Waals surface area (Å²) < 4.78 is 2.54. The first-order chi connectivity index (χ1) is 9.24. The second-order valence-corrected chi connectivity index (χ2v) is 5.35. The molecule has 3 aromatic heterocycles. The van der Waals surface area contributed by atoms with Crippen LogP contribution in [0.5, 0.6) is 0 Å². The van der Waals surface area contributed by atoms with E-state index < -0.39 is 0 Å². The number of aromatic nitrogens is 5. The van der Waals surface area contributed by atoms with Gasteiger partial charge >= 0.3 is 0 Å². The van der Waals surface area contributed by atoms with Gasteiger partial charge < -0.3 is 0 Å². The summed E-state index contributed by atoms with van der Waals surface area (Å²) in [5.74, 6) is 1.60. The molecule has 3 rings (SSSR count). The van der Waals surface area contributed by atoms with Gasteiger partial charge in [0, 0.05) is 6.20 Å². The van der Waals surface area contributed by atoms with Crippen molar-refractivity contribution in [1.29, 1.82) is 0 Å². The molecule has 0 amide bonds. The minimum absolute atomic E-state index is 0.589. The number of hydrogen-bond acceptors (Lipinski definition) is 5. The fraction of sp³-hybridized carbons (Fsp3) is 0.167. The van der Waals surface area contributed by atoms with E-state index in [1.807, 2.05) is 35.1 Å². The van der Waals surface area contributed by atoms with Crippen molar-refractivity contribution in [3.05, 3.63) is 46.1 Å². The predicted octanol–water partition coefficient (Wildman–Crippen LogP) is 2.82. The molecule has 0 aliphatic carbocycles. The minimum atomic E-state index is 0.589. The van der Waals surface area contributed by atoms with Crippen LogP contribution in [0.1, 0.15) is 11.5 Å². The summed E-state index contributed by atoms with van der Waals surface area (Å²) in [5.41, 5.74) is 0.919. The van der Waals surface area contributed by atoms with Gasteiger partial charge in [-0.25, -0.2) is 9.97 Å². The van der Waals surface area contributed by atoms with Gasteiger partial charge in [0.1, 0.15) is 5.82 Å². The molecule has 0 radical (unpaired) electrons. The molecule has 0 aromatic carbocycles. The molecule has 0 unspecified atom stereocenters. The summed E-state index contributed by atoms with van der Waals surface area (Å²) in [6.07, 6.45) is 1.76. The quantitative estimate of drug-likeness (QED) is 0.753. The van der Waals surface area contributed by atoms with Crippen molar-refractivity contribution in [3.63, 3.8) is 0 Å². The summed E-state index contributed by atoms with van der Waals surface area (Å²) in [6.45, 7) is 2.46. The molecule has 0 fully saturated rings. The maximum Gasteiger partial charge on any atom is 0.195 e. The molecule has 0 atom stereocenters. The third-order valence-electron chi connectivity index (χ3n) is 2.65. The van der Waals surface area contributed by atoms with Gasteiger partial charge in [-0.15, -0.1) is 11.3 Å². The highest BCUT2D eigenvalue weighted by Crippen LogP contribution is 2.23. The topological polar surface area (TPSA) is 59.4 Å². The van der Waals surface area contributed by atoms with E-state index in [1.165, 1.54) is 0 Å². The van der Waals surface area contributed by atoms with Gasteiger partial charge in [0.05, 0.1) is 17.1 Å². The van der Waals surface area contributed by atoms with Crippen LogP contribution in [-0.4, -0.2) is 24.7 Å². The molecular formula is C12H11N5S2. The number of rotatable bonds is 3. The highest BCUT2D eigenvalue weighted by Gasteiger charge is 2.10. The lowest BCUT2D eigenvalue weighted by molar-refractivity contribution is 0.758. The first-order valence-electron chi connectivity index (χ1n) is 5.71. The van der Waals surface area contributed by atoms with E-state index in [1.54, 1.807) is 17.5 Å². The highest BCUT2D eigenvalue weighted by molar-refractivity contribution is 7.71. The van der Waals surface area contributed by atoms with Crippen molar-refractivity contribution in [2.75, 3.05) is 0 Å². The average molecular weight is 289 g/mol. The lowest BCUT2D eigenvalue weighted by Crippen LogP contribution is -2.05. The Morgan fingerprint density at radius 2 is 2.32 bits per heavy atom. The summed E-state index contributed by atoms with van der Waals surface area (Å²) in [4.78, 5) is 9.57. The second kappa shape index (κ2) is 5.02. The molecule has 0 aliphatic heterocycles. The highest BCUT2D eigenvalue weighted by atomic mass is 32.1. The summed E-state index contributed by atoms with van der Waals surface area (Å²) in [5, 5.41) is 9.15. The van der Waals surface area contributed by atoms with Crippen LogP contribution >= 0.6 is 23.6 Å². The molecule has 0 aliphatic rings. The first kappa shape index (κ1) is 12.2. The SMILES string of the molecule is Cc1nccc(Cn2c(-c3cccs3)n[nH]c2=S)n1. The average Bonchev–Trinajstić information content (AvgIpc) is 3.01. The summed E-state index contributed by atoms with van der Waals surface area (Å²) in [7, 11) is 0. The van der Waals surface area contributed by atoms with Crippen molar-refractivity contribution in [2.45, 2.75) is 13.5 Å². The molecule has 5 nitrogen and oxygen atoms in total. The fourth-order valence-corrected chi connectivity index (χ4v) is 2.73. The number of aryl methyl sites for hydroxylation is 1. The molecule has 7 heteroatoms. The Morgan fingerprint density at radius 3 is 3.05 bits per heavy atom. The van der Waals surface area contributed by atoms with Gasteiger partial charge in [-0.3, -0.25) is 9.67 Å². The Balaban J connectivity index is 2.02. The van der Waals surface area contributed by atoms with Crippen LogP contribution in [0.2, 0.25) is 0 Å². The van der Waals surface area contributed by atoms with Gasteiger partial charge in [-0.1, -0.05) is 6.07 Å². The van der Waals surface area contributed by atoms with Crippen LogP contribution in [0.3, 0.4) is 0 Å². The minimum Gasteiger partial charge on any atom is -0.293 e. The number of thiophene rings is 1. The molecule has 96 valence electrons. The third-order valence-corrected chi connectivity index (χ3v) is 3.83. The van der Waals surface area contributed by atoms with Crippen LogP contribution in [0.4, 0.5) is 0 Å². The molecule has 3 aromatic rings. The van der Waals surface area contributed by atoms with Crippen LogP contribution in [0.15, 0.2) is 29.8 Å². The van der Waals surface area contributed by atoms with Crippen LogP contribution in [0.25, 0.3) is 10.7 Å². The zero-order valence-corrected chi connectivity index (χ0v) is 11.8. The Morgan fingerprint density at radius 1 is 1.42 bits per heavy atom. The first-order valence-corrected chi connectivity index (χ1v) is 7.00. The number of H-pyrrole nitrogens is 1. The number of nitrogens with one attached hydrogen (secondary N) is 1. The van der Waals surface area contributed by atoms with E-state index >= 15 is 0 Å².